The van der Waals surface area contributed by atoms with Gasteiger partial charge in [-0.15, -0.1) is 11.3 Å². The van der Waals surface area contributed by atoms with Crippen LogP contribution in [-0.4, -0.2) is 42.2 Å². The number of hydrogen-bond acceptors (Lipinski definition) is 4. The number of carbonyl (C=O) groups is 1. The smallest absolute Gasteiger partial charge is 0.263 e. The molecule has 0 atom stereocenters. The van der Waals surface area contributed by atoms with Crippen molar-refractivity contribution in [1.29, 1.82) is 0 Å². The molecule has 106 valence electrons. The van der Waals surface area contributed by atoms with Gasteiger partial charge in [-0.3, -0.25) is 4.79 Å². The molecule has 1 aromatic heterocycles. The topological polar surface area (TPSA) is 49.8 Å². The lowest BCUT2D eigenvalue weighted by molar-refractivity contribution is 0.0158. The van der Waals surface area contributed by atoms with Gasteiger partial charge in [-0.25, -0.2) is 0 Å². The summed E-state index contributed by atoms with van der Waals surface area (Å²) < 4.78 is 5.96. The first-order valence-corrected chi connectivity index (χ1v) is 7.87. The van der Waals surface area contributed by atoms with Crippen molar-refractivity contribution in [1.82, 2.24) is 4.90 Å². The van der Waals surface area contributed by atoms with Crippen LogP contribution in [0.3, 0.4) is 0 Å². The molecule has 0 aromatic carbocycles. The zero-order valence-corrected chi connectivity index (χ0v) is 13.5. The molecule has 19 heavy (non-hydrogen) atoms. The maximum atomic E-state index is 12.3. The minimum Gasteiger partial charge on any atom is -0.495 e. The van der Waals surface area contributed by atoms with E-state index in [2.05, 4.69) is 15.9 Å². The van der Waals surface area contributed by atoms with Gasteiger partial charge in [-0.1, -0.05) is 12.8 Å². The minimum atomic E-state index is -0.705. The second-order valence-electron chi connectivity index (χ2n) is 5.05. The highest BCUT2D eigenvalue weighted by molar-refractivity contribution is 9.11. The van der Waals surface area contributed by atoms with E-state index in [4.69, 9.17) is 4.74 Å². The molecule has 1 aliphatic rings. The summed E-state index contributed by atoms with van der Waals surface area (Å²) in [5.41, 5.74) is -0.705. The summed E-state index contributed by atoms with van der Waals surface area (Å²) in [4.78, 5) is 14.5. The first-order chi connectivity index (χ1) is 8.95. The van der Waals surface area contributed by atoms with E-state index in [0.717, 1.165) is 29.5 Å². The van der Waals surface area contributed by atoms with E-state index in [0.29, 0.717) is 17.2 Å². The van der Waals surface area contributed by atoms with Crippen LogP contribution in [0.4, 0.5) is 0 Å². The van der Waals surface area contributed by atoms with Crippen molar-refractivity contribution in [3.63, 3.8) is 0 Å². The molecule has 6 heteroatoms. The van der Waals surface area contributed by atoms with E-state index in [9.17, 15) is 9.90 Å². The predicted molar refractivity (Wildman–Crippen MR) is 78.9 cm³/mol. The van der Waals surface area contributed by atoms with Crippen molar-refractivity contribution in [2.45, 2.75) is 31.3 Å². The van der Waals surface area contributed by atoms with E-state index in [1.165, 1.54) is 11.3 Å². The van der Waals surface area contributed by atoms with Gasteiger partial charge in [-0.2, -0.15) is 0 Å². The van der Waals surface area contributed by atoms with Gasteiger partial charge in [0.05, 0.1) is 17.6 Å². The Kier molecular flexibility index (Phi) is 4.53. The third kappa shape index (κ3) is 3.30. The molecule has 1 amide bonds. The third-order valence-corrected chi connectivity index (χ3v) is 5.27. The van der Waals surface area contributed by atoms with Crippen LogP contribution in [0.15, 0.2) is 9.85 Å². The molecule has 1 aliphatic carbocycles. The Balaban J connectivity index is 2.05. The molecule has 2 rings (SSSR count). The van der Waals surface area contributed by atoms with Gasteiger partial charge in [0, 0.05) is 19.7 Å². The summed E-state index contributed by atoms with van der Waals surface area (Å²) in [6.45, 7) is 0.393. The van der Waals surface area contributed by atoms with E-state index in [-0.39, 0.29) is 5.91 Å². The Morgan fingerprint density at radius 1 is 1.58 bits per heavy atom. The molecule has 0 radical (unpaired) electrons. The van der Waals surface area contributed by atoms with Gasteiger partial charge in [0.1, 0.15) is 9.54 Å². The molecule has 1 aromatic rings. The first-order valence-electron chi connectivity index (χ1n) is 6.26. The molecule has 4 nitrogen and oxygen atoms in total. The Bertz CT molecular complexity index is 468. The van der Waals surface area contributed by atoms with E-state index < -0.39 is 5.60 Å². The van der Waals surface area contributed by atoms with Gasteiger partial charge in [-0.05, 0) is 28.8 Å². The summed E-state index contributed by atoms with van der Waals surface area (Å²) in [7, 11) is 3.31. The number of likely N-dealkylation sites (N-methyl/N-ethyl adjacent to an activating group) is 1. The van der Waals surface area contributed by atoms with Crippen molar-refractivity contribution >= 4 is 33.2 Å². The largest absolute Gasteiger partial charge is 0.495 e. The lowest BCUT2D eigenvalue weighted by atomic mass is 10.0. The SMILES string of the molecule is COc1cc(C(=O)N(C)CC2(O)CCCC2)sc1Br. The number of halogens is 1. The Morgan fingerprint density at radius 2 is 2.21 bits per heavy atom. The van der Waals surface area contributed by atoms with Crippen LogP contribution in [-0.2, 0) is 0 Å². The minimum absolute atomic E-state index is 0.0747. The first kappa shape index (κ1) is 14.8. The molecular formula is C13H18BrNO3S. The molecule has 0 saturated heterocycles. The fourth-order valence-corrected chi connectivity index (χ4v) is 4.13. The number of methoxy groups -OCH3 is 1. The second-order valence-corrected chi connectivity index (χ2v) is 7.42. The summed E-state index contributed by atoms with van der Waals surface area (Å²) in [5.74, 6) is 0.593. The summed E-state index contributed by atoms with van der Waals surface area (Å²) >= 11 is 4.72. The van der Waals surface area contributed by atoms with Crippen molar-refractivity contribution in [2.24, 2.45) is 0 Å². The third-order valence-electron chi connectivity index (χ3n) is 3.50. The molecule has 0 bridgehead atoms. The van der Waals surface area contributed by atoms with Crippen molar-refractivity contribution in [2.75, 3.05) is 20.7 Å². The number of ether oxygens (including phenoxy) is 1. The van der Waals surface area contributed by atoms with Crippen LogP contribution in [0.25, 0.3) is 0 Å². The molecule has 0 spiro atoms. The van der Waals surface area contributed by atoms with Gasteiger partial charge < -0.3 is 14.7 Å². The molecular weight excluding hydrogens is 330 g/mol. The fourth-order valence-electron chi connectivity index (χ4n) is 2.49. The number of hydrogen-bond donors (Lipinski definition) is 1. The van der Waals surface area contributed by atoms with Gasteiger partial charge in [0.2, 0.25) is 0 Å². The van der Waals surface area contributed by atoms with Gasteiger partial charge in [0.15, 0.2) is 0 Å². The number of aliphatic hydroxyl groups is 1. The quantitative estimate of drug-likeness (QED) is 0.910. The molecule has 1 N–H and O–H groups in total. The maximum Gasteiger partial charge on any atom is 0.263 e. The second kappa shape index (κ2) is 5.81. The number of rotatable bonds is 4. The lowest BCUT2D eigenvalue weighted by Gasteiger charge is -2.28. The monoisotopic (exact) mass is 347 g/mol. The molecule has 1 heterocycles. The average molecular weight is 348 g/mol. The predicted octanol–water partition coefficient (Wildman–Crippen LogP) is 2.90. The standard InChI is InChI=1S/C13H18BrNO3S/c1-15(8-13(17)5-3-4-6-13)12(16)10-7-9(18-2)11(14)19-10/h7,17H,3-6,8H2,1-2H3. The van der Waals surface area contributed by atoms with Crippen molar-refractivity contribution in [3.05, 3.63) is 14.7 Å². The Morgan fingerprint density at radius 3 is 2.74 bits per heavy atom. The highest BCUT2D eigenvalue weighted by Crippen LogP contribution is 2.35. The van der Waals surface area contributed by atoms with Gasteiger partial charge in [0.25, 0.3) is 5.91 Å². The average Bonchev–Trinajstić information content (AvgIpc) is 2.94. The van der Waals surface area contributed by atoms with Crippen LogP contribution in [0, 0.1) is 0 Å². The number of nitrogens with zero attached hydrogens (tertiary/aromatic N) is 1. The molecule has 0 aliphatic heterocycles. The van der Waals surface area contributed by atoms with Crippen molar-refractivity contribution < 1.29 is 14.6 Å². The van der Waals surface area contributed by atoms with Crippen LogP contribution >= 0.6 is 27.3 Å². The van der Waals surface area contributed by atoms with E-state index in [1.54, 1.807) is 25.1 Å². The summed E-state index contributed by atoms with van der Waals surface area (Å²) in [6, 6.07) is 1.73. The zero-order chi connectivity index (χ0) is 14.0. The normalized spacial score (nSPS) is 17.5. The van der Waals surface area contributed by atoms with E-state index >= 15 is 0 Å². The summed E-state index contributed by atoms with van der Waals surface area (Å²) in [5, 5.41) is 10.3. The van der Waals surface area contributed by atoms with Crippen LogP contribution in [0.1, 0.15) is 35.4 Å². The number of thiophene rings is 1. The Hall–Kier alpha value is -0.590. The van der Waals surface area contributed by atoms with Crippen LogP contribution in [0.5, 0.6) is 5.75 Å². The number of amides is 1. The highest BCUT2D eigenvalue weighted by Gasteiger charge is 2.34. The summed E-state index contributed by atoms with van der Waals surface area (Å²) in [6.07, 6.45) is 3.64. The van der Waals surface area contributed by atoms with Crippen LogP contribution < -0.4 is 4.74 Å². The fraction of sp³-hybridized carbons (Fsp3) is 0.615. The van der Waals surface area contributed by atoms with Crippen molar-refractivity contribution in [3.8, 4) is 5.75 Å². The maximum absolute atomic E-state index is 12.3. The molecule has 1 fully saturated rings. The van der Waals surface area contributed by atoms with Gasteiger partial charge >= 0.3 is 0 Å². The molecule has 1 saturated carbocycles. The molecule has 0 unspecified atom stereocenters. The Labute approximate surface area is 125 Å². The zero-order valence-electron chi connectivity index (χ0n) is 11.1. The van der Waals surface area contributed by atoms with Crippen LogP contribution in [0.2, 0.25) is 0 Å². The lowest BCUT2D eigenvalue weighted by Crippen LogP contribution is -2.41. The number of carbonyl (C=O) groups excluding carboxylic acids is 1. The highest BCUT2D eigenvalue weighted by atomic mass is 79.9. The van der Waals surface area contributed by atoms with E-state index in [1.807, 2.05) is 0 Å².